The molecule has 2 fully saturated rings. The van der Waals surface area contributed by atoms with Crippen molar-refractivity contribution in [3.8, 4) is 0 Å². The number of morpholine rings is 1. The second-order valence-electron chi connectivity index (χ2n) is 6.28. The standard InChI is InChI=1S/C17H20FNO4/c18-13-4-2-12(3-5-13)17(6-1-7-17)16(22)19-8-9-23-14(11-19)10-15(20)21/h2-5,14H,1,6-11H2,(H,20,21)/t14-/m0/s1. The van der Waals surface area contributed by atoms with Gasteiger partial charge in [-0.25, -0.2) is 4.39 Å². The van der Waals surface area contributed by atoms with Crippen LogP contribution in [0.1, 0.15) is 31.2 Å². The smallest absolute Gasteiger partial charge is 0.306 e. The van der Waals surface area contributed by atoms with E-state index in [1.54, 1.807) is 17.0 Å². The molecule has 1 atom stereocenters. The van der Waals surface area contributed by atoms with Crippen LogP contribution in [-0.4, -0.2) is 47.7 Å². The number of carbonyl (C=O) groups is 2. The van der Waals surface area contributed by atoms with Crippen molar-refractivity contribution in [3.05, 3.63) is 35.6 Å². The fourth-order valence-corrected chi connectivity index (χ4v) is 3.45. The minimum Gasteiger partial charge on any atom is -0.481 e. The molecule has 6 heteroatoms. The molecule has 5 nitrogen and oxygen atoms in total. The molecule has 1 aliphatic carbocycles. The first-order valence-electron chi connectivity index (χ1n) is 7.90. The van der Waals surface area contributed by atoms with Gasteiger partial charge in [-0.1, -0.05) is 18.6 Å². The van der Waals surface area contributed by atoms with Gasteiger partial charge in [-0.3, -0.25) is 9.59 Å². The Kier molecular flexibility index (Phi) is 4.35. The highest BCUT2D eigenvalue weighted by Crippen LogP contribution is 2.45. The largest absolute Gasteiger partial charge is 0.481 e. The summed E-state index contributed by atoms with van der Waals surface area (Å²) in [7, 11) is 0. The average molecular weight is 321 g/mol. The molecule has 1 heterocycles. The zero-order valence-electron chi connectivity index (χ0n) is 12.8. The second kappa shape index (κ2) is 6.28. The van der Waals surface area contributed by atoms with Crippen LogP contribution >= 0.6 is 0 Å². The third kappa shape index (κ3) is 3.08. The number of carbonyl (C=O) groups excluding carboxylic acids is 1. The van der Waals surface area contributed by atoms with E-state index in [4.69, 9.17) is 9.84 Å². The van der Waals surface area contributed by atoms with Crippen LogP contribution in [0.5, 0.6) is 0 Å². The molecular weight excluding hydrogens is 301 g/mol. The number of ether oxygens (including phenoxy) is 1. The van der Waals surface area contributed by atoms with Gasteiger partial charge in [0.05, 0.1) is 24.5 Å². The van der Waals surface area contributed by atoms with Gasteiger partial charge in [0.25, 0.3) is 0 Å². The van der Waals surface area contributed by atoms with E-state index in [-0.39, 0.29) is 18.1 Å². The lowest BCUT2D eigenvalue weighted by molar-refractivity contribution is -0.153. The summed E-state index contributed by atoms with van der Waals surface area (Å²) in [6.07, 6.45) is 1.89. The number of halogens is 1. The lowest BCUT2D eigenvalue weighted by atomic mass is 9.63. The Morgan fingerprint density at radius 3 is 2.57 bits per heavy atom. The van der Waals surface area contributed by atoms with E-state index < -0.39 is 17.5 Å². The van der Waals surface area contributed by atoms with Gasteiger partial charge >= 0.3 is 5.97 Å². The summed E-state index contributed by atoms with van der Waals surface area (Å²) in [5.74, 6) is -1.24. The monoisotopic (exact) mass is 321 g/mol. The first kappa shape index (κ1) is 15.9. The van der Waals surface area contributed by atoms with E-state index in [1.807, 2.05) is 0 Å². The number of nitrogens with zero attached hydrogens (tertiary/aromatic N) is 1. The van der Waals surface area contributed by atoms with Crippen molar-refractivity contribution in [1.82, 2.24) is 4.90 Å². The summed E-state index contributed by atoms with van der Waals surface area (Å²) in [6, 6.07) is 6.13. The molecule has 124 valence electrons. The Balaban J connectivity index is 1.77. The molecule has 2 aliphatic rings. The van der Waals surface area contributed by atoms with Gasteiger partial charge in [0.2, 0.25) is 5.91 Å². The van der Waals surface area contributed by atoms with Crippen molar-refractivity contribution in [1.29, 1.82) is 0 Å². The highest BCUT2D eigenvalue weighted by molar-refractivity contribution is 5.89. The van der Waals surface area contributed by atoms with Gasteiger partial charge in [0.1, 0.15) is 5.82 Å². The van der Waals surface area contributed by atoms with Crippen LogP contribution in [0.3, 0.4) is 0 Å². The first-order valence-corrected chi connectivity index (χ1v) is 7.90. The maximum absolute atomic E-state index is 13.2. The molecule has 3 rings (SSSR count). The van der Waals surface area contributed by atoms with Crippen LogP contribution in [0.25, 0.3) is 0 Å². The predicted molar refractivity (Wildman–Crippen MR) is 80.5 cm³/mol. The van der Waals surface area contributed by atoms with E-state index in [1.165, 1.54) is 12.1 Å². The van der Waals surface area contributed by atoms with Gasteiger partial charge in [0.15, 0.2) is 0 Å². The summed E-state index contributed by atoms with van der Waals surface area (Å²) >= 11 is 0. The van der Waals surface area contributed by atoms with Gasteiger partial charge in [-0.05, 0) is 30.5 Å². The molecule has 1 saturated heterocycles. The Labute approximate surface area is 134 Å². The molecule has 23 heavy (non-hydrogen) atoms. The number of rotatable bonds is 4. The molecule has 1 aromatic rings. The molecule has 0 unspecified atom stereocenters. The average Bonchev–Trinajstić information content (AvgIpc) is 2.47. The summed E-state index contributed by atoms with van der Waals surface area (Å²) in [5, 5.41) is 8.89. The zero-order chi connectivity index (χ0) is 16.4. The van der Waals surface area contributed by atoms with Gasteiger partial charge in [-0.15, -0.1) is 0 Å². The number of hydrogen-bond acceptors (Lipinski definition) is 3. The predicted octanol–water partition coefficient (Wildman–Crippen LogP) is 1.95. The number of amides is 1. The fourth-order valence-electron chi connectivity index (χ4n) is 3.45. The summed E-state index contributed by atoms with van der Waals surface area (Å²) in [4.78, 5) is 25.6. The quantitative estimate of drug-likeness (QED) is 0.920. The van der Waals surface area contributed by atoms with E-state index in [0.29, 0.717) is 19.7 Å². The van der Waals surface area contributed by atoms with Crippen molar-refractivity contribution < 1.29 is 23.8 Å². The Morgan fingerprint density at radius 1 is 1.30 bits per heavy atom. The Morgan fingerprint density at radius 2 is 2.00 bits per heavy atom. The molecule has 0 spiro atoms. The van der Waals surface area contributed by atoms with Crippen LogP contribution in [-0.2, 0) is 19.7 Å². The Bertz CT molecular complexity index is 597. The summed E-state index contributed by atoms with van der Waals surface area (Å²) < 4.78 is 18.6. The number of carboxylic acid groups (broad SMARTS) is 1. The molecule has 0 radical (unpaired) electrons. The van der Waals surface area contributed by atoms with Crippen LogP contribution in [0.2, 0.25) is 0 Å². The lowest BCUT2D eigenvalue weighted by Gasteiger charge is -2.45. The SMILES string of the molecule is O=C(O)C[C@H]1CN(C(=O)C2(c3ccc(F)cc3)CCC2)CCO1. The van der Waals surface area contributed by atoms with Gasteiger partial charge < -0.3 is 14.7 Å². The topological polar surface area (TPSA) is 66.8 Å². The van der Waals surface area contributed by atoms with Crippen LogP contribution in [0.15, 0.2) is 24.3 Å². The van der Waals surface area contributed by atoms with E-state index in [0.717, 1.165) is 24.8 Å². The lowest BCUT2D eigenvalue weighted by Crippen LogP contribution is -2.55. The third-order valence-electron chi connectivity index (χ3n) is 4.84. The number of hydrogen-bond donors (Lipinski definition) is 1. The molecule has 1 N–H and O–H groups in total. The van der Waals surface area contributed by atoms with Crippen molar-refractivity contribution >= 4 is 11.9 Å². The van der Waals surface area contributed by atoms with Crippen LogP contribution in [0.4, 0.5) is 4.39 Å². The highest BCUT2D eigenvalue weighted by atomic mass is 19.1. The van der Waals surface area contributed by atoms with Crippen LogP contribution in [0, 0.1) is 5.82 Å². The molecule has 1 amide bonds. The molecule has 1 aromatic carbocycles. The van der Waals surface area contributed by atoms with Crippen molar-refractivity contribution in [2.24, 2.45) is 0 Å². The number of aliphatic carboxylic acids is 1. The molecule has 0 bridgehead atoms. The van der Waals surface area contributed by atoms with Gasteiger partial charge in [0, 0.05) is 13.1 Å². The number of carboxylic acids is 1. The third-order valence-corrected chi connectivity index (χ3v) is 4.84. The maximum Gasteiger partial charge on any atom is 0.306 e. The second-order valence-corrected chi connectivity index (χ2v) is 6.28. The maximum atomic E-state index is 13.2. The minimum absolute atomic E-state index is 0.00838. The fraction of sp³-hybridized carbons (Fsp3) is 0.529. The first-order chi connectivity index (χ1) is 11.0. The molecule has 0 aromatic heterocycles. The van der Waals surface area contributed by atoms with E-state index in [2.05, 4.69) is 0 Å². The van der Waals surface area contributed by atoms with Crippen molar-refractivity contribution in [3.63, 3.8) is 0 Å². The molecule has 1 saturated carbocycles. The zero-order valence-corrected chi connectivity index (χ0v) is 12.8. The highest BCUT2D eigenvalue weighted by Gasteiger charge is 2.48. The van der Waals surface area contributed by atoms with Crippen molar-refractivity contribution in [2.75, 3.05) is 19.7 Å². The van der Waals surface area contributed by atoms with E-state index in [9.17, 15) is 14.0 Å². The van der Waals surface area contributed by atoms with Gasteiger partial charge in [-0.2, -0.15) is 0 Å². The van der Waals surface area contributed by atoms with Crippen LogP contribution < -0.4 is 0 Å². The molecular formula is C17H20FNO4. The minimum atomic E-state index is -0.929. The normalized spacial score (nSPS) is 23.2. The van der Waals surface area contributed by atoms with E-state index >= 15 is 0 Å². The summed E-state index contributed by atoms with van der Waals surface area (Å²) in [5.41, 5.74) is 0.259. The summed E-state index contributed by atoms with van der Waals surface area (Å²) in [6.45, 7) is 1.12. The molecule has 1 aliphatic heterocycles. The number of benzene rings is 1. The van der Waals surface area contributed by atoms with Crippen molar-refractivity contribution in [2.45, 2.75) is 37.2 Å². The Hall–Kier alpha value is -1.95.